The molecule has 0 spiro atoms. The maximum absolute atomic E-state index is 12.2. The summed E-state index contributed by atoms with van der Waals surface area (Å²) in [5, 5.41) is -3.12. The summed E-state index contributed by atoms with van der Waals surface area (Å²) in [6, 6.07) is 4.79. The fourth-order valence-corrected chi connectivity index (χ4v) is 3.53. The smallest absolute Gasteiger partial charge is 0.276 e. The largest absolute Gasteiger partial charge is 0.321 e. The molecule has 0 saturated heterocycles. The van der Waals surface area contributed by atoms with Crippen LogP contribution in [0.3, 0.4) is 0 Å². The van der Waals surface area contributed by atoms with Crippen LogP contribution in [0.15, 0.2) is 29.2 Å². The highest BCUT2D eigenvalue weighted by Crippen LogP contribution is 2.18. The summed E-state index contributed by atoms with van der Waals surface area (Å²) >= 11 is 5.77. The van der Waals surface area contributed by atoms with E-state index in [-0.39, 0.29) is 10.8 Å². The number of carbonyl (C=O) groups excluding carboxylic acids is 2. The minimum atomic E-state index is -4.31. The van der Waals surface area contributed by atoms with E-state index in [1.165, 1.54) is 12.1 Å². The van der Waals surface area contributed by atoms with Gasteiger partial charge in [0.15, 0.2) is 11.2 Å². The lowest BCUT2D eigenvalue weighted by Gasteiger charge is -2.15. The summed E-state index contributed by atoms with van der Waals surface area (Å²) in [6.07, 6.45) is 0.333. The van der Waals surface area contributed by atoms with E-state index in [1.54, 1.807) is 19.1 Å². The zero-order valence-corrected chi connectivity index (χ0v) is 14.3. The number of benzene rings is 1. The van der Waals surface area contributed by atoms with Gasteiger partial charge in [-0.05, 0) is 31.4 Å². The minimum Gasteiger partial charge on any atom is -0.321 e. The molecular formula is C15H20ClNO4S. The predicted octanol–water partition coefficient (Wildman–Crippen LogP) is 1.85. The van der Waals surface area contributed by atoms with Crippen molar-refractivity contribution in [3.05, 3.63) is 29.8 Å². The van der Waals surface area contributed by atoms with Crippen molar-refractivity contribution >= 4 is 32.3 Å². The Bertz CT molecular complexity index is 653. The lowest BCUT2D eigenvalue weighted by atomic mass is 10.00. The molecule has 7 heteroatoms. The van der Waals surface area contributed by atoms with Crippen LogP contribution >= 0.6 is 11.6 Å². The Morgan fingerprint density at radius 3 is 2.14 bits per heavy atom. The van der Waals surface area contributed by atoms with Gasteiger partial charge in [-0.1, -0.05) is 31.5 Å². The standard InChI is InChI=1S/C15H20ClNO4S/c1-9(2)8-12(17)14(18)13(16)15(19)22(20,21)11-6-4-10(3)5-7-11/h4-7,9,12-13H,8,17H2,1-3H3/t12-,13?/m0/s1. The van der Waals surface area contributed by atoms with E-state index in [1.807, 2.05) is 13.8 Å². The third-order valence-corrected chi connectivity index (χ3v) is 5.34. The summed E-state index contributed by atoms with van der Waals surface area (Å²) < 4.78 is 24.4. The van der Waals surface area contributed by atoms with Gasteiger partial charge in [0, 0.05) is 0 Å². The molecule has 0 aliphatic heterocycles. The van der Waals surface area contributed by atoms with Crippen LogP contribution in [-0.2, 0) is 19.4 Å². The molecular weight excluding hydrogens is 326 g/mol. The molecule has 0 fully saturated rings. The maximum Gasteiger partial charge on any atom is 0.276 e. The summed E-state index contributed by atoms with van der Waals surface area (Å²) in [5.41, 5.74) is 6.53. The summed E-state index contributed by atoms with van der Waals surface area (Å²) in [6.45, 7) is 5.51. The maximum atomic E-state index is 12.2. The molecule has 22 heavy (non-hydrogen) atoms. The van der Waals surface area contributed by atoms with Gasteiger partial charge >= 0.3 is 0 Å². The van der Waals surface area contributed by atoms with Crippen molar-refractivity contribution in [2.75, 3.05) is 0 Å². The first kappa shape index (κ1) is 18.8. The van der Waals surface area contributed by atoms with Crippen LogP contribution in [0.4, 0.5) is 0 Å². The predicted molar refractivity (Wildman–Crippen MR) is 85.5 cm³/mol. The number of hydrogen-bond donors (Lipinski definition) is 1. The van der Waals surface area contributed by atoms with Crippen LogP contribution in [0.1, 0.15) is 25.8 Å². The van der Waals surface area contributed by atoms with Gasteiger partial charge in [0.1, 0.15) is 0 Å². The molecule has 0 aliphatic rings. The number of rotatable bonds is 6. The Hall–Kier alpha value is -1.24. The first-order valence-electron chi connectivity index (χ1n) is 6.86. The number of carbonyl (C=O) groups is 2. The van der Waals surface area contributed by atoms with Crippen molar-refractivity contribution in [3.8, 4) is 0 Å². The van der Waals surface area contributed by atoms with Gasteiger partial charge in [0.05, 0.1) is 10.9 Å². The van der Waals surface area contributed by atoms with E-state index in [0.29, 0.717) is 6.42 Å². The van der Waals surface area contributed by atoms with Gasteiger partial charge in [-0.2, -0.15) is 0 Å². The van der Waals surface area contributed by atoms with E-state index >= 15 is 0 Å². The van der Waals surface area contributed by atoms with Gasteiger partial charge in [-0.15, -0.1) is 11.6 Å². The highest BCUT2D eigenvalue weighted by atomic mass is 35.5. The SMILES string of the molecule is Cc1ccc(S(=O)(=O)C(=O)C(Cl)C(=O)[C@@H](N)CC(C)C)cc1. The quantitative estimate of drug-likeness (QED) is 0.627. The van der Waals surface area contributed by atoms with Crippen molar-refractivity contribution < 1.29 is 18.0 Å². The molecule has 0 aliphatic carbocycles. The number of alkyl halides is 1. The molecule has 0 saturated carbocycles. The summed E-state index contributed by atoms with van der Waals surface area (Å²) in [5.74, 6) is -0.636. The lowest BCUT2D eigenvalue weighted by molar-refractivity contribution is -0.124. The van der Waals surface area contributed by atoms with Crippen LogP contribution in [0.2, 0.25) is 0 Å². The Kier molecular flexibility index (Phi) is 6.28. The van der Waals surface area contributed by atoms with Crippen LogP contribution in [-0.4, -0.2) is 30.7 Å². The fourth-order valence-electron chi connectivity index (χ4n) is 1.90. The number of sulfone groups is 1. The second-order valence-corrected chi connectivity index (χ2v) is 7.95. The first-order valence-corrected chi connectivity index (χ1v) is 8.78. The van der Waals surface area contributed by atoms with E-state index < -0.39 is 32.2 Å². The van der Waals surface area contributed by atoms with Gasteiger partial charge in [-0.25, -0.2) is 8.42 Å². The van der Waals surface area contributed by atoms with Gasteiger partial charge in [0.2, 0.25) is 9.84 Å². The highest BCUT2D eigenvalue weighted by molar-refractivity contribution is 8.06. The van der Waals surface area contributed by atoms with E-state index in [4.69, 9.17) is 17.3 Å². The Balaban J connectivity index is 2.98. The molecule has 0 bridgehead atoms. The van der Waals surface area contributed by atoms with Crippen molar-refractivity contribution in [3.63, 3.8) is 0 Å². The number of aryl methyl sites for hydroxylation is 1. The van der Waals surface area contributed by atoms with Crippen molar-refractivity contribution in [2.24, 2.45) is 11.7 Å². The normalized spacial score (nSPS) is 14.6. The van der Waals surface area contributed by atoms with Gasteiger partial charge in [-0.3, -0.25) is 9.59 Å². The van der Waals surface area contributed by atoms with Crippen molar-refractivity contribution in [2.45, 2.75) is 43.5 Å². The van der Waals surface area contributed by atoms with Crippen LogP contribution in [0, 0.1) is 12.8 Å². The summed E-state index contributed by atoms with van der Waals surface area (Å²) in [4.78, 5) is 23.9. The van der Waals surface area contributed by atoms with E-state index in [0.717, 1.165) is 5.56 Å². The third-order valence-electron chi connectivity index (χ3n) is 3.14. The molecule has 1 aromatic rings. The Morgan fingerprint density at radius 2 is 1.68 bits per heavy atom. The molecule has 1 aromatic carbocycles. The monoisotopic (exact) mass is 345 g/mol. The van der Waals surface area contributed by atoms with Crippen LogP contribution < -0.4 is 5.73 Å². The highest BCUT2D eigenvalue weighted by Gasteiger charge is 2.37. The van der Waals surface area contributed by atoms with Crippen molar-refractivity contribution in [1.82, 2.24) is 0 Å². The molecule has 5 nitrogen and oxygen atoms in total. The fraction of sp³-hybridized carbons (Fsp3) is 0.467. The minimum absolute atomic E-state index is 0.131. The number of Topliss-reactive ketones (excluding diaryl/α,β-unsaturated/α-hetero) is 1. The zero-order valence-electron chi connectivity index (χ0n) is 12.7. The van der Waals surface area contributed by atoms with E-state index in [9.17, 15) is 18.0 Å². The molecule has 1 unspecified atom stereocenters. The average molecular weight is 346 g/mol. The van der Waals surface area contributed by atoms with Gasteiger partial charge < -0.3 is 5.73 Å². The van der Waals surface area contributed by atoms with E-state index in [2.05, 4.69) is 0 Å². The first-order chi connectivity index (χ1) is 10.1. The molecule has 0 aromatic heterocycles. The zero-order chi connectivity index (χ0) is 17.1. The molecule has 0 amide bonds. The Labute approximate surface area is 135 Å². The Morgan fingerprint density at radius 1 is 1.18 bits per heavy atom. The molecule has 2 atom stereocenters. The van der Waals surface area contributed by atoms with Crippen molar-refractivity contribution in [1.29, 1.82) is 0 Å². The van der Waals surface area contributed by atoms with Gasteiger partial charge in [0.25, 0.3) is 5.12 Å². The molecule has 0 radical (unpaired) electrons. The second kappa shape index (κ2) is 7.35. The summed E-state index contributed by atoms with van der Waals surface area (Å²) in [7, 11) is -4.31. The molecule has 0 heterocycles. The number of nitrogens with two attached hydrogens (primary N) is 1. The number of hydrogen-bond acceptors (Lipinski definition) is 5. The second-order valence-electron chi connectivity index (χ2n) is 5.64. The molecule has 1 rings (SSSR count). The van der Waals surface area contributed by atoms with Crippen LogP contribution in [0.5, 0.6) is 0 Å². The topological polar surface area (TPSA) is 94.3 Å². The molecule has 122 valence electrons. The number of halogens is 1. The molecule has 2 N–H and O–H groups in total. The average Bonchev–Trinajstić information content (AvgIpc) is 2.44. The van der Waals surface area contributed by atoms with Crippen LogP contribution in [0.25, 0.3) is 0 Å². The number of ketones is 1. The third kappa shape index (κ3) is 4.38. The lowest BCUT2D eigenvalue weighted by Crippen LogP contribution is -2.42.